The largest absolute Gasteiger partial charge is 0.506 e. The maximum Gasteiger partial charge on any atom is 0.244 e. The molecule has 2 aliphatic rings. The quantitative estimate of drug-likeness (QED) is 0.358. The maximum atomic E-state index is 13.1. The number of aliphatic imine (C=N–C) groups is 1. The van der Waals surface area contributed by atoms with Gasteiger partial charge in [-0.25, -0.2) is 0 Å². The molecule has 0 radical (unpaired) electrons. The van der Waals surface area contributed by atoms with Gasteiger partial charge < -0.3 is 20.0 Å². The molecule has 36 heavy (non-hydrogen) atoms. The minimum Gasteiger partial charge on any atom is -0.506 e. The SMILES string of the molecule is CC1=CC(C)=N/C1=C1\C(=O)C(c2c(C)c(C)n(CC(=O)Nc3ccc(/C=N/N(C)C)cc3)c2C)=C1O. The number of hydrazone groups is 1. The number of benzene rings is 1. The van der Waals surface area contributed by atoms with Crippen molar-refractivity contribution in [2.75, 3.05) is 19.4 Å². The van der Waals surface area contributed by atoms with Crippen molar-refractivity contribution in [3.63, 3.8) is 0 Å². The summed E-state index contributed by atoms with van der Waals surface area (Å²) in [5.41, 5.74) is 7.52. The van der Waals surface area contributed by atoms with Gasteiger partial charge in [-0.1, -0.05) is 12.1 Å². The van der Waals surface area contributed by atoms with Crippen LogP contribution in [0.4, 0.5) is 5.69 Å². The number of nitrogens with one attached hydrogen (secondary N) is 1. The molecule has 1 aliphatic carbocycles. The highest BCUT2D eigenvalue weighted by molar-refractivity contribution is 6.40. The summed E-state index contributed by atoms with van der Waals surface area (Å²) in [5, 5.41) is 19.7. The Bertz CT molecular complexity index is 1430. The van der Waals surface area contributed by atoms with E-state index in [4.69, 9.17) is 0 Å². The Kier molecular flexibility index (Phi) is 6.54. The van der Waals surface area contributed by atoms with Crippen molar-refractivity contribution in [3.8, 4) is 0 Å². The minimum absolute atomic E-state index is 0.0353. The van der Waals surface area contributed by atoms with Gasteiger partial charge in [0.25, 0.3) is 0 Å². The fraction of sp³-hybridized carbons (Fsp3) is 0.286. The van der Waals surface area contributed by atoms with Gasteiger partial charge in [-0.2, -0.15) is 5.10 Å². The minimum atomic E-state index is -0.223. The van der Waals surface area contributed by atoms with Crippen LogP contribution in [0.1, 0.15) is 41.9 Å². The second-order valence-electron chi connectivity index (χ2n) is 9.38. The van der Waals surface area contributed by atoms with Crippen LogP contribution in [0.2, 0.25) is 0 Å². The number of rotatable bonds is 6. The third kappa shape index (κ3) is 4.42. The van der Waals surface area contributed by atoms with Crippen molar-refractivity contribution in [2.45, 2.75) is 41.2 Å². The van der Waals surface area contributed by atoms with Crippen LogP contribution < -0.4 is 5.32 Å². The van der Waals surface area contributed by atoms with E-state index in [9.17, 15) is 14.7 Å². The summed E-state index contributed by atoms with van der Waals surface area (Å²) in [7, 11) is 3.70. The Morgan fingerprint density at radius 1 is 1.08 bits per heavy atom. The average Bonchev–Trinajstić information content (AvgIpc) is 3.24. The smallest absolute Gasteiger partial charge is 0.244 e. The number of aliphatic hydroxyl groups is 1. The van der Waals surface area contributed by atoms with E-state index in [1.807, 2.05) is 83.6 Å². The van der Waals surface area contributed by atoms with E-state index in [-0.39, 0.29) is 35.1 Å². The summed E-state index contributed by atoms with van der Waals surface area (Å²) in [6, 6.07) is 7.42. The Morgan fingerprint density at radius 3 is 2.31 bits per heavy atom. The molecule has 2 N–H and O–H groups in total. The van der Waals surface area contributed by atoms with Gasteiger partial charge in [-0.3, -0.25) is 14.6 Å². The van der Waals surface area contributed by atoms with E-state index in [0.29, 0.717) is 16.9 Å². The fourth-order valence-electron chi connectivity index (χ4n) is 4.61. The van der Waals surface area contributed by atoms with Crippen molar-refractivity contribution in [1.29, 1.82) is 0 Å². The molecular formula is C28H31N5O3. The standard InChI is InChI=1S/C28H31N5O3/c1-15-12-16(2)30-26(15)25-27(35)24(28(25)36)23-17(3)18(4)33(19(23)5)14-22(34)31-21-10-8-20(9-11-21)13-29-32(6)7/h8-13,35H,14H2,1-7H3,(H,31,34)/b26-25-,29-13+. The lowest BCUT2D eigenvalue weighted by atomic mass is 9.80. The van der Waals surface area contributed by atoms with Crippen LogP contribution in [0.3, 0.4) is 0 Å². The van der Waals surface area contributed by atoms with Crippen LogP contribution in [-0.2, 0) is 16.1 Å². The molecule has 8 nitrogen and oxygen atoms in total. The first kappa shape index (κ1) is 24.9. The predicted octanol–water partition coefficient (Wildman–Crippen LogP) is 4.47. The van der Waals surface area contributed by atoms with Crippen LogP contribution in [0.15, 0.2) is 63.0 Å². The van der Waals surface area contributed by atoms with Gasteiger partial charge in [0.2, 0.25) is 11.7 Å². The van der Waals surface area contributed by atoms with Crippen molar-refractivity contribution in [2.24, 2.45) is 10.1 Å². The summed E-state index contributed by atoms with van der Waals surface area (Å²) in [4.78, 5) is 30.4. The van der Waals surface area contributed by atoms with Crippen LogP contribution >= 0.6 is 0 Å². The zero-order valence-corrected chi connectivity index (χ0v) is 21.7. The molecule has 2 heterocycles. The Balaban J connectivity index is 1.57. The number of aliphatic hydroxyl groups excluding tert-OH is 1. The van der Waals surface area contributed by atoms with Crippen LogP contribution in [0.5, 0.6) is 0 Å². The molecule has 1 aromatic carbocycles. The number of Topliss-reactive ketones (excluding diaryl/α,β-unsaturated/α-hetero) is 1. The molecule has 2 aromatic rings. The topological polar surface area (TPSA) is 99.3 Å². The number of ketones is 1. The molecule has 0 fully saturated rings. The Hall–Kier alpha value is -4.20. The number of hydrogen-bond donors (Lipinski definition) is 2. The average molecular weight is 486 g/mol. The zero-order valence-electron chi connectivity index (χ0n) is 21.7. The summed E-state index contributed by atoms with van der Waals surface area (Å²) in [5.74, 6) is -0.443. The summed E-state index contributed by atoms with van der Waals surface area (Å²) in [6.07, 6.45) is 3.63. The van der Waals surface area contributed by atoms with Crippen LogP contribution in [0.25, 0.3) is 5.57 Å². The van der Waals surface area contributed by atoms with Gasteiger partial charge in [0.1, 0.15) is 12.3 Å². The van der Waals surface area contributed by atoms with E-state index < -0.39 is 0 Å². The van der Waals surface area contributed by atoms with E-state index in [1.54, 1.807) is 11.2 Å². The summed E-state index contributed by atoms with van der Waals surface area (Å²) >= 11 is 0. The highest BCUT2D eigenvalue weighted by atomic mass is 16.3. The molecule has 0 unspecified atom stereocenters. The number of allylic oxidation sites excluding steroid dienone is 4. The molecule has 0 saturated carbocycles. The Morgan fingerprint density at radius 2 is 1.75 bits per heavy atom. The molecule has 0 spiro atoms. The zero-order chi connectivity index (χ0) is 26.3. The lowest BCUT2D eigenvalue weighted by molar-refractivity contribution is -0.116. The third-order valence-electron chi connectivity index (χ3n) is 6.52. The van der Waals surface area contributed by atoms with Gasteiger partial charge in [0.05, 0.1) is 23.1 Å². The van der Waals surface area contributed by atoms with Crippen molar-refractivity contribution < 1.29 is 14.7 Å². The number of nitrogens with zero attached hydrogens (tertiary/aromatic N) is 4. The molecular weight excluding hydrogens is 454 g/mol. The number of aromatic nitrogens is 1. The third-order valence-corrected chi connectivity index (χ3v) is 6.52. The van der Waals surface area contributed by atoms with E-state index in [0.717, 1.165) is 33.8 Å². The number of amides is 1. The van der Waals surface area contributed by atoms with Crippen molar-refractivity contribution in [1.82, 2.24) is 9.58 Å². The first-order chi connectivity index (χ1) is 17.0. The van der Waals surface area contributed by atoms with Gasteiger partial charge >= 0.3 is 0 Å². The maximum absolute atomic E-state index is 13.1. The van der Waals surface area contributed by atoms with E-state index in [1.165, 1.54) is 0 Å². The molecule has 8 heteroatoms. The monoisotopic (exact) mass is 485 g/mol. The molecule has 4 rings (SSSR count). The summed E-state index contributed by atoms with van der Waals surface area (Å²) < 4.78 is 1.87. The van der Waals surface area contributed by atoms with E-state index in [2.05, 4.69) is 15.4 Å². The molecule has 186 valence electrons. The Labute approximate surface area is 211 Å². The highest BCUT2D eigenvalue weighted by Crippen LogP contribution is 2.43. The van der Waals surface area contributed by atoms with Gasteiger partial charge in [-0.05, 0) is 69.5 Å². The normalized spacial score (nSPS) is 17.5. The van der Waals surface area contributed by atoms with E-state index >= 15 is 0 Å². The molecule has 0 atom stereocenters. The molecule has 0 bridgehead atoms. The highest BCUT2D eigenvalue weighted by Gasteiger charge is 2.40. The van der Waals surface area contributed by atoms with Crippen molar-refractivity contribution in [3.05, 3.63) is 81.0 Å². The molecule has 1 aromatic heterocycles. The van der Waals surface area contributed by atoms with Crippen LogP contribution in [-0.4, -0.2) is 52.4 Å². The lowest BCUT2D eigenvalue weighted by Crippen LogP contribution is -2.24. The molecule has 1 aliphatic heterocycles. The van der Waals surface area contributed by atoms with Crippen LogP contribution in [0, 0.1) is 20.8 Å². The second-order valence-corrected chi connectivity index (χ2v) is 9.38. The lowest BCUT2D eigenvalue weighted by Gasteiger charge is -2.23. The second kappa shape index (κ2) is 9.45. The first-order valence-electron chi connectivity index (χ1n) is 11.7. The van der Waals surface area contributed by atoms with Gasteiger partial charge in [0, 0.05) is 42.4 Å². The first-order valence-corrected chi connectivity index (χ1v) is 11.7. The number of carbonyl (C=O) groups is 2. The van der Waals surface area contributed by atoms with Gasteiger partial charge in [0.15, 0.2) is 0 Å². The number of hydrogen-bond acceptors (Lipinski definition) is 6. The molecule has 0 saturated heterocycles. The van der Waals surface area contributed by atoms with Gasteiger partial charge in [-0.15, -0.1) is 0 Å². The fourth-order valence-corrected chi connectivity index (χ4v) is 4.61. The summed E-state index contributed by atoms with van der Waals surface area (Å²) in [6.45, 7) is 9.50. The molecule has 1 amide bonds. The number of anilines is 1. The predicted molar refractivity (Wildman–Crippen MR) is 143 cm³/mol. The van der Waals surface area contributed by atoms with Crippen molar-refractivity contribution >= 4 is 34.9 Å². The number of carbonyl (C=O) groups excluding carboxylic acids is 2.